The molecule has 4 heteroatoms. The Morgan fingerprint density at radius 2 is 2.64 bits per heavy atom. The molecule has 0 aliphatic carbocycles. The van der Waals surface area contributed by atoms with Crippen molar-refractivity contribution in [2.45, 2.75) is 13.0 Å². The topological polar surface area (TPSA) is 39.1 Å². The summed E-state index contributed by atoms with van der Waals surface area (Å²) in [6.07, 6.45) is 5.14. The lowest BCUT2D eigenvalue weighted by Gasteiger charge is -2.07. The standard InChI is InChI=1S/C10H17N3O/c1-13-7-10(6-12-13)5-11-4-9-2-3-14-8-9/h6-7,9,11H,2-5,8H2,1H3. The van der Waals surface area contributed by atoms with Crippen LogP contribution in [-0.2, 0) is 18.3 Å². The summed E-state index contributed by atoms with van der Waals surface area (Å²) in [5, 5.41) is 7.54. The zero-order valence-electron chi connectivity index (χ0n) is 8.57. The molecule has 1 saturated heterocycles. The van der Waals surface area contributed by atoms with Gasteiger partial charge in [-0.3, -0.25) is 4.68 Å². The fraction of sp³-hybridized carbons (Fsp3) is 0.700. The van der Waals surface area contributed by atoms with Crippen molar-refractivity contribution >= 4 is 0 Å². The minimum atomic E-state index is 0.701. The van der Waals surface area contributed by atoms with E-state index in [1.807, 2.05) is 24.1 Å². The summed E-state index contributed by atoms with van der Waals surface area (Å²) in [4.78, 5) is 0. The molecule has 4 nitrogen and oxygen atoms in total. The van der Waals surface area contributed by atoms with E-state index in [0.29, 0.717) is 5.92 Å². The second kappa shape index (κ2) is 4.57. The number of nitrogens with zero attached hydrogens (tertiary/aromatic N) is 2. The molecule has 1 N–H and O–H groups in total. The van der Waals surface area contributed by atoms with E-state index in [1.165, 1.54) is 12.0 Å². The molecule has 1 aromatic heterocycles. The van der Waals surface area contributed by atoms with Crippen LogP contribution >= 0.6 is 0 Å². The molecule has 0 saturated carbocycles. The summed E-state index contributed by atoms with van der Waals surface area (Å²) in [6.45, 7) is 3.80. The number of rotatable bonds is 4. The van der Waals surface area contributed by atoms with E-state index in [-0.39, 0.29) is 0 Å². The van der Waals surface area contributed by atoms with Crippen LogP contribution in [0, 0.1) is 5.92 Å². The van der Waals surface area contributed by atoms with E-state index in [9.17, 15) is 0 Å². The highest BCUT2D eigenvalue weighted by molar-refractivity contribution is 5.02. The van der Waals surface area contributed by atoms with Gasteiger partial charge in [0, 0.05) is 38.5 Å². The molecule has 0 bridgehead atoms. The van der Waals surface area contributed by atoms with Crippen LogP contribution in [0.25, 0.3) is 0 Å². The number of aryl methyl sites for hydroxylation is 1. The lowest BCUT2D eigenvalue weighted by molar-refractivity contribution is 0.185. The van der Waals surface area contributed by atoms with Crippen molar-refractivity contribution in [3.63, 3.8) is 0 Å². The van der Waals surface area contributed by atoms with E-state index in [1.54, 1.807) is 0 Å². The van der Waals surface area contributed by atoms with Gasteiger partial charge >= 0.3 is 0 Å². The molecule has 1 atom stereocenters. The number of hydrogen-bond donors (Lipinski definition) is 1. The van der Waals surface area contributed by atoms with E-state index in [0.717, 1.165) is 26.3 Å². The zero-order valence-corrected chi connectivity index (χ0v) is 8.57. The second-order valence-electron chi connectivity index (χ2n) is 3.88. The predicted octanol–water partition coefficient (Wildman–Crippen LogP) is 0.546. The summed E-state index contributed by atoms with van der Waals surface area (Å²) in [7, 11) is 1.94. The maximum Gasteiger partial charge on any atom is 0.0534 e. The van der Waals surface area contributed by atoms with Gasteiger partial charge in [-0.05, 0) is 12.3 Å². The van der Waals surface area contributed by atoms with Gasteiger partial charge in [-0.2, -0.15) is 5.10 Å². The quantitative estimate of drug-likeness (QED) is 0.762. The van der Waals surface area contributed by atoms with Gasteiger partial charge in [0.25, 0.3) is 0 Å². The van der Waals surface area contributed by atoms with E-state index in [4.69, 9.17) is 4.74 Å². The Bertz CT molecular complexity index is 279. The number of nitrogens with one attached hydrogen (secondary N) is 1. The molecular formula is C10H17N3O. The first-order valence-electron chi connectivity index (χ1n) is 5.10. The monoisotopic (exact) mass is 195 g/mol. The average molecular weight is 195 g/mol. The molecule has 1 fully saturated rings. The molecule has 1 unspecified atom stereocenters. The molecule has 0 aromatic carbocycles. The van der Waals surface area contributed by atoms with Gasteiger partial charge < -0.3 is 10.1 Å². The highest BCUT2D eigenvalue weighted by Crippen LogP contribution is 2.10. The van der Waals surface area contributed by atoms with Gasteiger partial charge in [0.1, 0.15) is 0 Å². The molecule has 0 amide bonds. The first-order valence-corrected chi connectivity index (χ1v) is 5.10. The Kier molecular flexibility index (Phi) is 3.16. The maximum atomic E-state index is 5.31. The average Bonchev–Trinajstić information content (AvgIpc) is 2.77. The van der Waals surface area contributed by atoms with E-state index in [2.05, 4.69) is 10.4 Å². The molecular weight excluding hydrogens is 178 g/mol. The van der Waals surface area contributed by atoms with Gasteiger partial charge in [-0.25, -0.2) is 0 Å². The van der Waals surface area contributed by atoms with Crippen LogP contribution in [0.1, 0.15) is 12.0 Å². The van der Waals surface area contributed by atoms with Gasteiger partial charge in [0.15, 0.2) is 0 Å². The van der Waals surface area contributed by atoms with Crippen LogP contribution in [0.2, 0.25) is 0 Å². The Balaban J connectivity index is 1.67. The Morgan fingerprint density at radius 1 is 1.71 bits per heavy atom. The van der Waals surface area contributed by atoms with Crippen LogP contribution in [0.3, 0.4) is 0 Å². The Hall–Kier alpha value is -0.870. The maximum absolute atomic E-state index is 5.31. The summed E-state index contributed by atoms with van der Waals surface area (Å²) in [5.41, 5.74) is 1.24. The summed E-state index contributed by atoms with van der Waals surface area (Å²) in [6, 6.07) is 0. The van der Waals surface area contributed by atoms with Crippen molar-refractivity contribution in [1.29, 1.82) is 0 Å². The van der Waals surface area contributed by atoms with Crippen LogP contribution in [-0.4, -0.2) is 29.5 Å². The lowest BCUT2D eigenvalue weighted by Crippen LogP contribution is -2.22. The third-order valence-electron chi connectivity index (χ3n) is 2.54. The van der Waals surface area contributed by atoms with Crippen molar-refractivity contribution in [1.82, 2.24) is 15.1 Å². The SMILES string of the molecule is Cn1cc(CNCC2CCOC2)cn1. The van der Waals surface area contributed by atoms with E-state index >= 15 is 0 Å². The second-order valence-corrected chi connectivity index (χ2v) is 3.88. The third-order valence-corrected chi connectivity index (χ3v) is 2.54. The minimum absolute atomic E-state index is 0.701. The number of aromatic nitrogens is 2. The molecule has 1 aliphatic rings. The minimum Gasteiger partial charge on any atom is -0.381 e. The van der Waals surface area contributed by atoms with Gasteiger partial charge in [0.05, 0.1) is 12.8 Å². The largest absolute Gasteiger partial charge is 0.381 e. The first kappa shape index (κ1) is 9.68. The van der Waals surface area contributed by atoms with Crippen molar-refractivity contribution in [2.75, 3.05) is 19.8 Å². The molecule has 1 aliphatic heterocycles. The molecule has 2 rings (SSSR count). The third kappa shape index (κ3) is 2.56. The molecule has 14 heavy (non-hydrogen) atoms. The first-order chi connectivity index (χ1) is 6.84. The molecule has 0 spiro atoms. The molecule has 2 heterocycles. The Morgan fingerprint density at radius 3 is 3.29 bits per heavy atom. The van der Waals surface area contributed by atoms with Gasteiger partial charge in [0.2, 0.25) is 0 Å². The van der Waals surface area contributed by atoms with Crippen LogP contribution in [0.5, 0.6) is 0 Å². The number of ether oxygens (including phenoxy) is 1. The highest BCUT2D eigenvalue weighted by atomic mass is 16.5. The van der Waals surface area contributed by atoms with Crippen molar-refractivity contribution in [3.8, 4) is 0 Å². The van der Waals surface area contributed by atoms with Gasteiger partial charge in [-0.15, -0.1) is 0 Å². The highest BCUT2D eigenvalue weighted by Gasteiger charge is 2.14. The van der Waals surface area contributed by atoms with Crippen LogP contribution in [0.4, 0.5) is 0 Å². The van der Waals surface area contributed by atoms with Gasteiger partial charge in [-0.1, -0.05) is 0 Å². The lowest BCUT2D eigenvalue weighted by atomic mass is 10.1. The molecule has 0 radical (unpaired) electrons. The molecule has 1 aromatic rings. The number of hydrogen-bond acceptors (Lipinski definition) is 3. The zero-order chi connectivity index (χ0) is 9.80. The predicted molar refractivity (Wildman–Crippen MR) is 53.8 cm³/mol. The smallest absolute Gasteiger partial charge is 0.0534 e. The van der Waals surface area contributed by atoms with Crippen LogP contribution in [0.15, 0.2) is 12.4 Å². The summed E-state index contributed by atoms with van der Waals surface area (Å²) >= 11 is 0. The normalized spacial score (nSPS) is 21.6. The van der Waals surface area contributed by atoms with Crippen molar-refractivity contribution in [3.05, 3.63) is 18.0 Å². The van der Waals surface area contributed by atoms with Crippen molar-refractivity contribution < 1.29 is 4.74 Å². The summed E-state index contributed by atoms with van der Waals surface area (Å²) < 4.78 is 7.14. The fourth-order valence-electron chi connectivity index (χ4n) is 1.73. The molecule has 78 valence electrons. The Labute approximate surface area is 84.3 Å². The fourth-order valence-corrected chi connectivity index (χ4v) is 1.73. The van der Waals surface area contributed by atoms with E-state index < -0.39 is 0 Å². The van der Waals surface area contributed by atoms with Crippen LogP contribution < -0.4 is 5.32 Å². The summed E-state index contributed by atoms with van der Waals surface area (Å²) in [5.74, 6) is 0.701. The van der Waals surface area contributed by atoms with Crippen molar-refractivity contribution in [2.24, 2.45) is 13.0 Å².